The van der Waals surface area contributed by atoms with Crippen LogP contribution in [0.4, 0.5) is 0 Å². The molecule has 1 amide bonds. The molecule has 0 saturated carbocycles. The molecule has 0 aromatic heterocycles. The fourth-order valence-corrected chi connectivity index (χ4v) is 1.35. The highest BCUT2D eigenvalue weighted by atomic mass is 16.5. The van der Waals surface area contributed by atoms with Crippen LogP contribution in [0.1, 0.15) is 26.7 Å². The van der Waals surface area contributed by atoms with Crippen molar-refractivity contribution in [3.05, 3.63) is 0 Å². The Labute approximate surface area is 73.5 Å². The summed E-state index contributed by atoms with van der Waals surface area (Å²) >= 11 is 0. The molecule has 12 heavy (non-hydrogen) atoms. The Kier molecular flexibility index (Phi) is 3.53. The molecule has 70 valence electrons. The second kappa shape index (κ2) is 4.45. The van der Waals surface area contributed by atoms with Gasteiger partial charge in [0.05, 0.1) is 19.3 Å². The largest absolute Gasteiger partial charge is 0.379 e. The number of amides is 1. The maximum absolute atomic E-state index is 11.2. The van der Waals surface area contributed by atoms with E-state index >= 15 is 0 Å². The molecule has 1 aliphatic rings. The Morgan fingerprint density at radius 2 is 2.33 bits per heavy atom. The van der Waals surface area contributed by atoms with Crippen molar-refractivity contribution in [1.82, 2.24) is 5.32 Å². The Bertz CT molecular complexity index is 159. The first-order valence-corrected chi connectivity index (χ1v) is 4.61. The predicted octanol–water partition coefficient (Wildman–Crippen LogP) is 0.938. The maximum Gasteiger partial charge on any atom is 0.220 e. The van der Waals surface area contributed by atoms with Gasteiger partial charge in [0.2, 0.25) is 5.91 Å². The van der Waals surface area contributed by atoms with Crippen molar-refractivity contribution in [2.24, 2.45) is 5.92 Å². The van der Waals surface area contributed by atoms with Gasteiger partial charge in [0.1, 0.15) is 0 Å². The Morgan fingerprint density at radius 3 is 2.83 bits per heavy atom. The highest BCUT2D eigenvalue weighted by molar-refractivity contribution is 5.76. The lowest BCUT2D eigenvalue weighted by Crippen LogP contribution is -2.38. The molecule has 1 aliphatic heterocycles. The number of nitrogens with one attached hydrogen (secondary N) is 1. The zero-order valence-corrected chi connectivity index (χ0v) is 7.80. The van der Waals surface area contributed by atoms with E-state index in [-0.39, 0.29) is 11.9 Å². The summed E-state index contributed by atoms with van der Waals surface area (Å²) < 4.78 is 5.23. The van der Waals surface area contributed by atoms with Crippen molar-refractivity contribution in [1.29, 1.82) is 0 Å². The van der Waals surface area contributed by atoms with Crippen LogP contribution in [0.25, 0.3) is 0 Å². The van der Waals surface area contributed by atoms with Gasteiger partial charge in [-0.1, -0.05) is 13.8 Å². The molecule has 1 N–H and O–H groups in total. The van der Waals surface area contributed by atoms with E-state index in [9.17, 15) is 4.79 Å². The minimum atomic E-state index is 0.153. The van der Waals surface area contributed by atoms with Gasteiger partial charge in [0.25, 0.3) is 0 Å². The van der Waals surface area contributed by atoms with Gasteiger partial charge in [-0.2, -0.15) is 0 Å². The number of hydrogen-bond donors (Lipinski definition) is 1. The number of hydrogen-bond acceptors (Lipinski definition) is 2. The van der Waals surface area contributed by atoms with Crippen LogP contribution < -0.4 is 5.32 Å². The van der Waals surface area contributed by atoms with Crippen LogP contribution in [-0.2, 0) is 9.53 Å². The molecule has 0 aromatic carbocycles. The summed E-state index contributed by atoms with van der Waals surface area (Å²) in [6, 6.07) is 0.240. The highest BCUT2D eigenvalue weighted by Crippen LogP contribution is 2.12. The van der Waals surface area contributed by atoms with Crippen molar-refractivity contribution in [3.63, 3.8) is 0 Å². The zero-order chi connectivity index (χ0) is 8.97. The quantitative estimate of drug-likeness (QED) is 0.686. The molecule has 1 fully saturated rings. The smallest absolute Gasteiger partial charge is 0.220 e. The molecule has 0 radical (unpaired) electrons. The van der Waals surface area contributed by atoms with Gasteiger partial charge in [0.15, 0.2) is 0 Å². The van der Waals surface area contributed by atoms with Gasteiger partial charge in [0, 0.05) is 12.3 Å². The standard InChI is InChI=1S/C9H17NO2/c1-3-4-9(11)10-8-6-12-5-7(8)2/h7-8H,3-6H2,1-2H3,(H,10,11). The summed E-state index contributed by atoms with van der Waals surface area (Å²) in [5.74, 6) is 0.616. The van der Waals surface area contributed by atoms with E-state index in [1.165, 1.54) is 0 Å². The van der Waals surface area contributed by atoms with E-state index in [0.29, 0.717) is 18.9 Å². The van der Waals surface area contributed by atoms with E-state index in [1.54, 1.807) is 0 Å². The van der Waals surface area contributed by atoms with Crippen LogP contribution in [0.15, 0.2) is 0 Å². The lowest BCUT2D eigenvalue weighted by atomic mass is 10.1. The molecule has 3 nitrogen and oxygen atoms in total. The second-order valence-corrected chi connectivity index (χ2v) is 3.44. The Morgan fingerprint density at radius 1 is 1.58 bits per heavy atom. The SMILES string of the molecule is CCCC(=O)NC1COCC1C. The third-order valence-corrected chi connectivity index (χ3v) is 2.19. The van der Waals surface area contributed by atoms with Crippen LogP contribution in [0.5, 0.6) is 0 Å². The predicted molar refractivity (Wildman–Crippen MR) is 46.8 cm³/mol. The number of carbonyl (C=O) groups excluding carboxylic acids is 1. The first-order valence-electron chi connectivity index (χ1n) is 4.61. The first-order chi connectivity index (χ1) is 5.74. The molecule has 2 atom stereocenters. The van der Waals surface area contributed by atoms with Crippen molar-refractivity contribution >= 4 is 5.91 Å². The summed E-state index contributed by atoms with van der Waals surface area (Å²) in [6.07, 6.45) is 1.54. The highest BCUT2D eigenvalue weighted by Gasteiger charge is 2.24. The summed E-state index contributed by atoms with van der Waals surface area (Å²) in [4.78, 5) is 11.2. The minimum Gasteiger partial charge on any atom is -0.379 e. The molecule has 1 heterocycles. The normalized spacial score (nSPS) is 28.8. The van der Waals surface area contributed by atoms with Gasteiger partial charge >= 0.3 is 0 Å². The molecule has 2 unspecified atom stereocenters. The third kappa shape index (κ3) is 2.48. The number of carbonyl (C=O) groups is 1. The van der Waals surface area contributed by atoms with Gasteiger partial charge in [-0.05, 0) is 6.42 Å². The van der Waals surface area contributed by atoms with Crippen LogP contribution in [0.3, 0.4) is 0 Å². The molecular weight excluding hydrogens is 154 g/mol. The Hall–Kier alpha value is -0.570. The summed E-state index contributed by atoms with van der Waals surface area (Å²) in [5.41, 5.74) is 0. The second-order valence-electron chi connectivity index (χ2n) is 3.44. The monoisotopic (exact) mass is 171 g/mol. The third-order valence-electron chi connectivity index (χ3n) is 2.19. The van der Waals surface area contributed by atoms with Crippen molar-refractivity contribution < 1.29 is 9.53 Å². The van der Waals surface area contributed by atoms with E-state index in [0.717, 1.165) is 13.0 Å². The van der Waals surface area contributed by atoms with Crippen molar-refractivity contribution in [2.75, 3.05) is 13.2 Å². The maximum atomic E-state index is 11.2. The lowest BCUT2D eigenvalue weighted by Gasteiger charge is -2.14. The molecule has 1 saturated heterocycles. The van der Waals surface area contributed by atoms with Crippen molar-refractivity contribution in [3.8, 4) is 0 Å². The molecule has 0 spiro atoms. The number of ether oxygens (including phenoxy) is 1. The summed E-state index contributed by atoms with van der Waals surface area (Å²) in [7, 11) is 0. The molecule has 1 rings (SSSR count). The molecule has 3 heteroatoms. The fourth-order valence-electron chi connectivity index (χ4n) is 1.35. The van der Waals surface area contributed by atoms with Crippen LogP contribution >= 0.6 is 0 Å². The van der Waals surface area contributed by atoms with Gasteiger partial charge < -0.3 is 10.1 Å². The van der Waals surface area contributed by atoms with Crippen LogP contribution in [0, 0.1) is 5.92 Å². The topological polar surface area (TPSA) is 38.3 Å². The van der Waals surface area contributed by atoms with Gasteiger partial charge in [-0.3, -0.25) is 4.79 Å². The zero-order valence-electron chi connectivity index (χ0n) is 7.80. The minimum absolute atomic E-state index is 0.153. The first kappa shape index (κ1) is 9.52. The lowest BCUT2D eigenvalue weighted by molar-refractivity contribution is -0.122. The van der Waals surface area contributed by atoms with Crippen molar-refractivity contribution in [2.45, 2.75) is 32.7 Å². The van der Waals surface area contributed by atoms with Crippen LogP contribution in [-0.4, -0.2) is 25.2 Å². The van der Waals surface area contributed by atoms with Gasteiger partial charge in [-0.15, -0.1) is 0 Å². The van der Waals surface area contributed by atoms with E-state index in [4.69, 9.17) is 4.74 Å². The fraction of sp³-hybridized carbons (Fsp3) is 0.889. The van der Waals surface area contributed by atoms with Crippen LogP contribution in [0.2, 0.25) is 0 Å². The molecule has 0 aromatic rings. The molecule has 0 bridgehead atoms. The molecule has 0 aliphatic carbocycles. The average Bonchev–Trinajstić information content (AvgIpc) is 2.37. The average molecular weight is 171 g/mol. The molecular formula is C9H17NO2. The number of rotatable bonds is 3. The van der Waals surface area contributed by atoms with E-state index in [2.05, 4.69) is 12.2 Å². The summed E-state index contributed by atoms with van der Waals surface area (Å²) in [6.45, 7) is 5.56. The summed E-state index contributed by atoms with van der Waals surface area (Å²) in [5, 5.41) is 2.97. The van der Waals surface area contributed by atoms with E-state index in [1.807, 2.05) is 6.92 Å². The van der Waals surface area contributed by atoms with Gasteiger partial charge in [-0.25, -0.2) is 0 Å². The van der Waals surface area contributed by atoms with E-state index < -0.39 is 0 Å². The Balaban J connectivity index is 2.25.